The first kappa shape index (κ1) is 20.9. The zero-order valence-electron chi connectivity index (χ0n) is 18.1. The van der Waals surface area contributed by atoms with Crippen LogP contribution in [-0.2, 0) is 11.3 Å². The van der Waals surface area contributed by atoms with E-state index >= 15 is 0 Å². The van der Waals surface area contributed by atoms with Crippen molar-refractivity contribution in [2.24, 2.45) is 5.92 Å². The third kappa shape index (κ3) is 4.84. The SMILES string of the molecule is Cc1ccc2c(c1)OC(C)(C)CC2NC(=O)C1CCCN(Cc2ccc(F)cc2)C1. The number of nitrogens with one attached hydrogen (secondary N) is 1. The van der Waals surface area contributed by atoms with E-state index in [4.69, 9.17) is 4.74 Å². The number of hydrogen-bond acceptors (Lipinski definition) is 3. The number of rotatable bonds is 4. The minimum Gasteiger partial charge on any atom is -0.487 e. The first-order valence-electron chi connectivity index (χ1n) is 10.9. The predicted octanol–water partition coefficient (Wildman–Crippen LogP) is 4.76. The van der Waals surface area contributed by atoms with Gasteiger partial charge in [0.05, 0.1) is 12.0 Å². The van der Waals surface area contributed by atoms with Crippen LogP contribution in [0.2, 0.25) is 0 Å². The normalized spacial score (nSPS) is 23.3. The molecule has 1 fully saturated rings. The quantitative estimate of drug-likeness (QED) is 0.790. The van der Waals surface area contributed by atoms with Crippen LogP contribution in [0.25, 0.3) is 0 Å². The molecule has 0 spiro atoms. The molecule has 0 aliphatic carbocycles. The van der Waals surface area contributed by atoms with Gasteiger partial charge in [-0.15, -0.1) is 0 Å². The van der Waals surface area contributed by atoms with E-state index in [0.29, 0.717) is 0 Å². The Balaban J connectivity index is 1.42. The van der Waals surface area contributed by atoms with Gasteiger partial charge in [-0.2, -0.15) is 0 Å². The third-order valence-electron chi connectivity index (χ3n) is 6.14. The Morgan fingerprint density at radius 2 is 2.00 bits per heavy atom. The Hall–Kier alpha value is -2.40. The highest BCUT2D eigenvalue weighted by molar-refractivity contribution is 5.79. The molecule has 2 aromatic carbocycles. The predicted molar refractivity (Wildman–Crippen MR) is 116 cm³/mol. The van der Waals surface area contributed by atoms with Gasteiger partial charge in [-0.25, -0.2) is 4.39 Å². The minimum atomic E-state index is -0.320. The Labute approximate surface area is 178 Å². The molecular weight excluding hydrogens is 379 g/mol. The van der Waals surface area contributed by atoms with Crippen molar-refractivity contribution in [2.75, 3.05) is 13.1 Å². The van der Waals surface area contributed by atoms with Gasteiger partial charge in [0.15, 0.2) is 0 Å². The molecular formula is C25H31FN2O2. The highest BCUT2D eigenvalue weighted by Gasteiger charge is 2.36. The number of aryl methyl sites for hydroxylation is 1. The molecule has 2 atom stereocenters. The molecule has 4 nitrogen and oxygen atoms in total. The topological polar surface area (TPSA) is 41.6 Å². The molecule has 2 aliphatic heterocycles. The monoisotopic (exact) mass is 410 g/mol. The second-order valence-corrected chi connectivity index (χ2v) is 9.37. The number of nitrogens with zero attached hydrogens (tertiary/aromatic N) is 1. The molecule has 1 saturated heterocycles. The third-order valence-corrected chi connectivity index (χ3v) is 6.14. The van der Waals surface area contributed by atoms with Gasteiger partial charge < -0.3 is 10.1 Å². The lowest BCUT2D eigenvalue weighted by molar-refractivity contribution is -0.128. The lowest BCUT2D eigenvalue weighted by Gasteiger charge is -2.39. The molecule has 160 valence electrons. The van der Waals surface area contributed by atoms with Gasteiger partial charge in [0, 0.05) is 25.1 Å². The number of carbonyl (C=O) groups excluding carboxylic acids is 1. The molecule has 2 heterocycles. The van der Waals surface area contributed by atoms with Crippen LogP contribution in [0, 0.1) is 18.7 Å². The van der Waals surface area contributed by atoms with Gasteiger partial charge in [0.25, 0.3) is 0 Å². The van der Waals surface area contributed by atoms with E-state index in [1.165, 1.54) is 12.1 Å². The number of ether oxygens (including phenoxy) is 1. The van der Waals surface area contributed by atoms with Crippen LogP contribution in [0.4, 0.5) is 4.39 Å². The van der Waals surface area contributed by atoms with Gasteiger partial charge in [-0.05, 0) is 69.5 Å². The number of piperidine rings is 1. The van der Waals surface area contributed by atoms with Crippen LogP contribution in [0.1, 0.15) is 55.8 Å². The Morgan fingerprint density at radius 1 is 1.23 bits per heavy atom. The number of halogens is 1. The first-order valence-corrected chi connectivity index (χ1v) is 10.9. The van der Waals surface area contributed by atoms with Gasteiger partial charge >= 0.3 is 0 Å². The fourth-order valence-corrected chi connectivity index (χ4v) is 4.64. The maximum Gasteiger partial charge on any atom is 0.224 e. The summed E-state index contributed by atoms with van der Waals surface area (Å²) >= 11 is 0. The van der Waals surface area contributed by atoms with Crippen LogP contribution in [0.15, 0.2) is 42.5 Å². The van der Waals surface area contributed by atoms with Gasteiger partial charge in [0.2, 0.25) is 5.91 Å². The first-order chi connectivity index (χ1) is 14.3. The standard InChI is InChI=1S/C25H31FN2O2/c1-17-6-11-21-22(14-25(2,3)30-23(21)13-17)27-24(29)19-5-4-12-28(16-19)15-18-7-9-20(26)10-8-18/h6-11,13,19,22H,4-5,12,14-16H2,1-3H3,(H,27,29). The van der Waals surface area contributed by atoms with Crippen molar-refractivity contribution in [1.82, 2.24) is 10.2 Å². The van der Waals surface area contributed by atoms with Gasteiger partial charge in [-0.1, -0.05) is 24.3 Å². The molecule has 0 radical (unpaired) electrons. The number of carbonyl (C=O) groups is 1. The molecule has 1 N–H and O–H groups in total. The van der Waals surface area contributed by atoms with E-state index in [2.05, 4.69) is 49.2 Å². The summed E-state index contributed by atoms with van der Waals surface area (Å²) in [6.07, 6.45) is 2.65. The highest BCUT2D eigenvalue weighted by Crippen LogP contribution is 2.40. The number of hydrogen-bond donors (Lipinski definition) is 1. The highest BCUT2D eigenvalue weighted by atomic mass is 19.1. The van der Waals surface area contributed by atoms with Crippen LogP contribution < -0.4 is 10.1 Å². The number of fused-ring (bicyclic) bond motifs is 1. The largest absolute Gasteiger partial charge is 0.487 e. The zero-order chi connectivity index (χ0) is 21.3. The van der Waals surface area contributed by atoms with Crippen LogP contribution in [-0.4, -0.2) is 29.5 Å². The fraction of sp³-hybridized carbons (Fsp3) is 0.480. The van der Waals surface area contributed by atoms with E-state index in [1.807, 2.05) is 12.1 Å². The summed E-state index contributed by atoms with van der Waals surface area (Å²) in [4.78, 5) is 15.5. The summed E-state index contributed by atoms with van der Waals surface area (Å²) in [6.45, 7) is 8.64. The molecule has 5 heteroatoms. The maximum absolute atomic E-state index is 13.2. The lowest BCUT2D eigenvalue weighted by atomic mass is 9.88. The van der Waals surface area contributed by atoms with Crippen molar-refractivity contribution < 1.29 is 13.9 Å². The number of benzene rings is 2. The summed E-state index contributed by atoms with van der Waals surface area (Å²) < 4.78 is 19.3. The van der Waals surface area contributed by atoms with Crippen molar-refractivity contribution in [3.05, 3.63) is 65.0 Å². The summed E-state index contributed by atoms with van der Waals surface area (Å²) in [5.74, 6) is 0.745. The Bertz CT molecular complexity index is 910. The second kappa shape index (κ2) is 8.38. The van der Waals surface area contributed by atoms with Crippen LogP contribution in [0.5, 0.6) is 5.75 Å². The van der Waals surface area contributed by atoms with E-state index in [9.17, 15) is 9.18 Å². The zero-order valence-corrected chi connectivity index (χ0v) is 18.1. The Kier molecular flexibility index (Phi) is 5.83. The summed E-state index contributed by atoms with van der Waals surface area (Å²) in [6, 6.07) is 12.8. The van der Waals surface area contributed by atoms with Crippen molar-refractivity contribution in [1.29, 1.82) is 0 Å². The molecule has 4 rings (SSSR count). The summed E-state index contributed by atoms with van der Waals surface area (Å²) in [7, 11) is 0. The van der Waals surface area contributed by atoms with Crippen molar-refractivity contribution in [2.45, 2.75) is 58.2 Å². The molecule has 2 unspecified atom stereocenters. The van der Waals surface area contributed by atoms with Crippen molar-refractivity contribution in [3.63, 3.8) is 0 Å². The van der Waals surface area contributed by atoms with E-state index in [1.54, 1.807) is 0 Å². The van der Waals surface area contributed by atoms with E-state index in [-0.39, 0.29) is 29.3 Å². The Morgan fingerprint density at radius 3 is 2.77 bits per heavy atom. The minimum absolute atomic E-state index is 0.0287. The smallest absolute Gasteiger partial charge is 0.224 e. The van der Waals surface area contributed by atoms with E-state index in [0.717, 1.165) is 61.3 Å². The van der Waals surface area contributed by atoms with E-state index < -0.39 is 0 Å². The summed E-state index contributed by atoms with van der Waals surface area (Å²) in [5, 5.41) is 3.32. The molecule has 0 bridgehead atoms. The van der Waals surface area contributed by atoms with Gasteiger partial charge in [0.1, 0.15) is 17.2 Å². The second-order valence-electron chi connectivity index (χ2n) is 9.37. The lowest BCUT2D eigenvalue weighted by Crippen LogP contribution is -2.46. The molecule has 1 amide bonds. The van der Waals surface area contributed by atoms with Crippen LogP contribution in [0.3, 0.4) is 0 Å². The fourth-order valence-electron chi connectivity index (χ4n) is 4.64. The maximum atomic E-state index is 13.2. The van der Waals surface area contributed by atoms with Gasteiger partial charge in [-0.3, -0.25) is 9.69 Å². The molecule has 2 aliphatic rings. The molecule has 0 saturated carbocycles. The van der Waals surface area contributed by atoms with Crippen molar-refractivity contribution in [3.8, 4) is 5.75 Å². The molecule has 30 heavy (non-hydrogen) atoms. The van der Waals surface area contributed by atoms with Crippen molar-refractivity contribution >= 4 is 5.91 Å². The average Bonchev–Trinajstić information content (AvgIpc) is 2.69. The molecule has 0 aromatic heterocycles. The number of likely N-dealkylation sites (tertiary alicyclic amines) is 1. The summed E-state index contributed by atoms with van der Waals surface area (Å²) in [5.41, 5.74) is 2.97. The average molecular weight is 411 g/mol. The molecule has 2 aromatic rings. The number of amides is 1. The van der Waals surface area contributed by atoms with Crippen LogP contribution >= 0.6 is 0 Å².